The van der Waals surface area contributed by atoms with Gasteiger partial charge in [0.1, 0.15) is 0 Å². The Balaban J connectivity index is 2.00. The van der Waals surface area contributed by atoms with Gasteiger partial charge < -0.3 is 10.0 Å². The Labute approximate surface area is 102 Å². The minimum Gasteiger partial charge on any atom is -0.481 e. The summed E-state index contributed by atoms with van der Waals surface area (Å²) in [6, 6.07) is 8.94. The summed E-state index contributed by atoms with van der Waals surface area (Å²) in [5.41, 5.74) is 2.36. The van der Waals surface area contributed by atoms with Crippen molar-refractivity contribution in [1.29, 1.82) is 0 Å². The lowest BCUT2D eigenvalue weighted by Gasteiger charge is -2.23. The number of carboxylic acids is 1. The second-order valence-corrected chi connectivity index (χ2v) is 4.74. The van der Waals surface area contributed by atoms with Crippen molar-refractivity contribution in [3.8, 4) is 0 Å². The van der Waals surface area contributed by atoms with E-state index in [4.69, 9.17) is 5.11 Å². The SMILES string of the molecule is CC1CCCN1c1ccc(CCC(=O)O)cc1. The Hall–Kier alpha value is -1.51. The van der Waals surface area contributed by atoms with E-state index in [1.807, 2.05) is 12.1 Å². The zero-order valence-corrected chi connectivity index (χ0v) is 10.2. The molecule has 1 aliphatic heterocycles. The van der Waals surface area contributed by atoms with Gasteiger partial charge in [0.25, 0.3) is 0 Å². The molecule has 1 saturated heterocycles. The van der Waals surface area contributed by atoms with Crippen LogP contribution in [0.15, 0.2) is 24.3 Å². The molecule has 1 N–H and O–H groups in total. The normalized spacial score (nSPS) is 19.6. The summed E-state index contributed by atoms with van der Waals surface area (Å²) in [4.78, 5) is 12.9. The van der Waals surface area contributed by atoms with E-state index in [9.17, 15) is 4.79 Å². The lowest BCUT2D eigenvalue weighted by Crippen LogP contribution is -2.26. The summed E-state index contributed by atoms with van der Waals surface area (Å²) in [5, 5.41) is 8.63. The number of nitrogens with zero attached hydrogens (tertiary/aromatic N) is 1. The summed E-state index contributed by atoms with van der Waals surface area (Å²) in [6.07, 6.45) is 3.35. The summed E-state index contributed by atoms with van der Waals surface area (Å²) >= 11 is 0. The Bertz CT molecular complexity index is 386. The van der Waals surface area contributed by atoms with Crippen LogP contribution in [-0.4, -0.2) is 23.7 Å². The second kappa shape index (κ2) is 5.21. The molecule has 3 heteroatoms. The highest BCUT2D eigenvalue weighted by atomic mass is 16.4. The van der Waals surface area contributed by atoms with Gasteiger partial charge in [-0.15, -0.1) is 0 Å². The van der Waals surface area contributed by atoms with E-state index in [0.717, 1.165) is 12.1 Å². The van der Waals surface area contributed by atoms with Crippen molar-refractivity contribution in [2.45, 2.75) is 38.6 Å². The van der Waals surface area contributed by atoms with Gasteiger partial charge >= 0.3 is 5.97 Å². The molecule has 3 nitrogen and oxygen atoms in total. The number of carbonyl (C=O) groups is 1. The molecule has 1 aromatic rings. The predicted octanol–water partition coefficient (Wildman–Crippen LogP) is 2.69. The first-order chi connectivity index (χ1) is 8.16. The monoisotopic (exact) mass is 233 g/mol. The third kappa shape index (κ3) is 2.99. The number of rotatable bonds is 4. The number of anilines is 1. The summed E-state index contributed by atoms with van der Waals surface area (Å²) < 4.78 is 0. The van der Waals surface area contributed by atoms with Crippen LogP contribution in [-0.2, 0) is 11.2 Å². The number of hydrogen-bond acceptors (Lipinski definition) is 2. The van der Waals surface area contributed by atoms with Crippen LogP contribution in [0.2, 0.25) is 0 Å². The average molecular weight is 233 g/mol. The zero-order valence-electron chi connectivity index (χ0n) is 10.2. The molecular formula is C14H19NO2. The van der Waals surface area contributed by atoms with Crippen LogP contribution in [0.3, 0.4) is 0 Å². The molecule has 1 aliphatic rings. The van der Waals surface area contributed by atoms with Gasteiger partial charge in [-0.3, -0.25) is 4.79 Å². The van der Waals surface area contributed by atoms with Gasteiger partial charge in [-0.25, -0.2) is 0 Å². The van der Waals surface area contributed by atoms with Crippen LogP contribution in [0.4, 0.5) is 5.69 Å². The van der Waals surface area contributed by atoms with Gasteiger partial charge in [0.2, 0.25) is 0 Å². The van der Waals surface area contributed by atoms with Crippen molar-refractivity contribution in [1.82, 2.24) is 0 Å². The number of benzene rings is 1. The first-order valence-corrected chi connectivity index (χ1v) is 6.24. The number of aliphatic carboxylic acids is 1. The number of hydrogen-bond donors (Lipinski definition) is 1. The molecule has 0 radical (unpaired) electrons. The van der Waals surface area contributed by atoms with Crippen molar-refractivity contribution < 1.29 is 9.90 Å². The van der Waals surface area contributed by atoms with E-state index < -0.39 is 5.97 Å². The van der Waals surface area contributed by atoms with Gasteiger partial charge in [-0.1, -0.05) is 12.1 Å². The molecule has 92 valence electrons. The lowest BCUT2D eigenvalue weighted by molar-refractivity contribution is -0.136. The third-order valence-electron chi connectivity index (χ3n) is 3.45. The third-order valence-corrected chi connectivity index (χ3v) is 3.45. The molecule has 0 aliphatic carbocycles. The highest BCUT2D eigenvalue weighted by Crippen LogP contribution is 2.25. The van der Waals surface area contributed by atoms with Gasteiger partial charge in [0, 0.05) is 24.7 Å². The minimum absolute atomic E-state index is 0.208. The van der Waals surface area contributed by atoms with Crippen molar-refractivity contribution >= 4 is 11.7 Å². The molecule has 17 heavy (non-hydrogen) atoms. The summed E-state index contributed by atoms with van der Waals surface area (Å²) in [6.45, 7) is 3.39. The lowest BCUT2D eigenvalue weighted by atomic mass is 10.1. The highest BCUT2D eigenvalue weighted by Gasteiger charge is 2.19. The maximum absolute atomic E-state index is 10.5. The van der Waals surface area contributed by atoms with Crippen LogP contribution in [0, 0.1) is 0 Å². The highest BCUT2D eigenvalue weighted by molar-refractivity contribution is 5.67. The molecule has 1 fully saturated rings. The van der Waals surface area contributed by atoms with Gasteiger partial charge in [0.05, 0.1) is 0 Å². The molecule has 1 heterocycles. The molecular weight excluding hydrogens is 214 g/mol. The molecule has 0 aromatic heterocycles. The maximum atomic E-state index is 10.5. The van der Waals surface area contributed by atoms with Gasteiger partial charge in [0.15, 0.2) is 0 Å². The quantitative estimate of drug-likeness (QED) is 0.869. The van der Waals surface area contributed by atoms with Crippen molar-refractivity contribution in [2.24, 2.45) is 0 Å². The Morgan fingerprint density at radius 2 is 2.12 bits per heavy atom. The molecule has 0 bridgehead atoms. The van der Waals surface area contributed by atoms with Gasteiger partial charge in [-0.2, -0.15) is 0 Å². The van der Waals surface area contributed by atoms with E-state index in [1.54, 1.807) is 0 Å². The largest absolute Gasteiger partial charge is 0.481 e. The Morgan fingerprint density at radius 3 is 2.65 bits per heavy atom. The molecule has 0 saturated carbocycles. The minimum atomic E-state index is -0.734. The van der Waals surface area contributed by atoms with Crippen LogP contribution >= 0.6 is 0 Å². The summed E-state index contributed by atoms with van der Waals surface area (Å²) in [5.74, 6) is -0.734. The van der Waals surface area contributed by atoms with Gasteiger partial charge in [-0.05, 0) is 43.9 Å². The van der Waals surface area contributed by atoms with E-state index in [0.29, 0.717) is 12.5 Å². The van der Waals surface area contributed by atoms with Crippen LogP contribution in [0.25, 0.3) is 0 Å². The van der Waals surface area contributed by atoms with E-state index in [1.165, 1.54) is 18.5 Å². The molecule has 0 amide bonds. The number of aryl methyl sites for hydroxylation is 1. The van der Waals surface area contributed by atoms with E-state index >= 15 is 0 Å². The van der Waals surface area contributed by atoms with Crippen LogP contribution < -0.4 is 4.90 Å². The fourth-order valence-corrected chi connectivity index (χ4v) is 2.42. The standard InChI is InChI=1S/C14H19NO2/c1-11-3-2-10-15(11)13-7-4-12(5-8-13)6-9-14(16)17/h4-5,7-8,11H,2-3,6,9-10H2,1H3,(H,16,17). The van der Waals surface area contributed by atoms with E-state index in [-0.39, 0.29) is 6.42 Å². The first-order valence-electron chi connectivity index (χ1n) is 6.24. The molecule has 1 atom stereocenters. The Kier molecular flexibility index (Phi) is 3.67. The molecule has 0 spiro atoms. The fourth-order valence-electron chi connectivity index (χ4n) is 2.42. The van der Waals surface area contributed by atoms with Crippen LogP contribution in [0.5, 0.6) is 0 Å². The van der Waals surface area contributed by atoms with Crippen molar-refractivity contribution in [2.75, 3.05) is 11.4 Å². The fraction of sp³-hybridized carbons (Fsp3) is 0.500. The van der Waals surface area contributed by atoms with Crippen LogP contribution in [0.1, 0.15) is 31.7 Å². The molecule has 1 unspecified atom stereocenters. The molecule has 2 rings (SSSR count). The maximum Gasteiger partial charge on any atom is 0.303 e. The average Bonchev–Trinajstić information content (AvgIpc) is 2.73. The predicted molar refractivity (Wildman–Crippen MR) is 68.4 cm³/mol. The zero-order chi connectivity index (χ0) is 12.3. The topological polar surface area (TPSA) is 40.5 Å². The van der Waals surface area contributed by atoms with Crippen molar-refractivity contribution in [3.05, 3.63) is 29.8 Å². The van der Waals surface area contributed by atoms with E-state index in [2.05, 4.69) is 24.0 Å². The smallest absolute Gasteiger partial charge is 0.303 e. The second-order valence-electron chi connectivity index (χ2n) is 4.74. The summed E-state index contributed by atoms with van der Waals surface area (Å²) in [7, 11) is 0. The molecule has 1 aromatic carbocycles. The Morgan fingerprint density at radius 1 is 1.41 bits per heavy atom. The first kappa shape index (κ1) is 12.0. The number of carboxylic acid groups (broad SMARTS) is 1. The van der Waals surface area contributed by atoms with Crippen molar-refractivity contribution in [3.63, 3.8) is 0 Å².